The minimum Gasteiger partial charge on any atom is -0.358 e. The molecule has 0 aliphatic carbocycles. The first-order valence-electron chi connectivity index (χ1n) is 2.00. The Hall–Kier alpha value is 2.21. The molecule has 2 heteroatoms. The van der Waals surface area contributed by atoms with Crippen LogP contribution >= 0.6 is 0 Å². The molecule has 0 atom stereocenters. The standard InChI is InChI=1S/2C2H6.3CH3.2Y/c2*1-2;;;;;/h2*1-2H3;3*1H3;;/q;;3*-1;;. The summed E-state index contributed by atoms with van der Waals surface area (Å²) in [6.45, 7) is 8.00. The third kappa shape index (κ3) is 141. The molecule has 2 radical (unpaired) electrons. The number of rotatable bonds is 0. The molecular weight excluding hydrogens is 262 g/mol. The quantitative estimate of drug-likeness (QED) is 0.598. The van der Waals surface area contributed by atoms with E-state index in [1.165, 1.54) is 0 Å². The second-order valence-corrected chi connectivity index (χ2v) is 0. The van der Waals surface area contributed by atoms with Gasteiger partial charge in [-0.3, -0.25) is 0 Å². The Bertz CT molecular complexity index is 6.88. The normalized spacial score (nSPS) is 1.33. The molecule has 0 aliphatic heterocycles. The van der Waals surface area contributed by atoms with Crippen molar-refractivity contribution in [2.45, 2.75) is 27.7 Å². The van der Waals surface area contributed by atoms with Crippen molar-refractivity contribution in [2.75, 3.05) is 0 Å². The first-order chi connectivity index (χ1) is 2.00. The van der Waals surface area contributed by atoms with E-state index in [0.717, 1.165) is 0 Å². The van der Waals surface area contributed by atoms with E-state index in [4.69, 9.17) is 0 Å². The van der Waals surface area contributed by atoms with E-state index in [1.807, 2.05) is 27.7 Å². The van der Waals surface area contributed by atoms with Crippen molar-refractivity contribution in [2.24, 2.45) is 0 Å². The van der Waals surface area contributed by atoms with Crippen molar-refractivity contribution in [3.05, 3.63) is 22.3 Å². The van der Waals surface area contributed by atoms with E-state index in [9.17, 15) is 0 Å². The predicted octanol–water partition coefficient (Wildman–Crippen LogP) is 3.40. The van der Waals surface area contributed by atoms with Gasteiger partial charge in [-0.15, -0.1) is 0 Å². The summed E-state index contributed by atoms with van der Waals surface area (Å²) in [5.41, 5.74) is 0. The Morgan fingerprint density at radius 2 is 0.444 bits per heavy atom. The van der Waals surface area contributed by atoms with Crippen molar-refractivity contribution < 1.29 is 65.4 Å². The fraction of sp³-hybridized carbons (Fsp3) is 0.571. The molecule has 0 saturated heterocycles. The fourth-order valence-electron chi connectivity index (χ4n) is 0. The summed E-state index contributed by atoms with van der Waals surface area (Å²) in [6.07, 6.45) is 0. The zero-order valence-electron chi connectivity index (χ0n) is 8.15. The van der Waals surface area contributed by atoms with Crippen LogP contribution < -0.4 is 0 Å². The molecule has 0 unspecified atom stereocenters. The number of hydrogen-bond donors (Lipinski definition) is 0. The molecule has 0 heterocycles. The Balaban J connectivity index is -0.00000000114. The van der Waals surface area contributed by atoms with E-state index in [2.05, 4.69) is 0 Å². The minimum absolute atomic E-state index is 0. The van der Waals surface area contributed by atoms with Crippen molar-refractivity contribution in [1.29, 1.82) is 0 Å². The predicted molar refractivity (Wildman–Crippen MR) is 41.9 cm³/mol. The van der Waals surface area contributed by atoms with Crippen LogP contribution in [0.15, 0.2) is 0 Å². The third-order valence-corrected chi connectivity index (χ3v) is 0. The molecule has 0 spiro atoms. The largest absolute Gasteiger partial charge is 0.358 e. The molecule has 0 amide bonds. The molecule has 0 fully saturated rings. The van der Waals surface area contributed by atoms with Gasteiger partial charge in [-0.25, -0.2) is 0 Å². The topological polar surface area (TPSA) is 0 Å². The van der Waals surface area contributed by atoms with Crippen LogP contribution in [0.1, 0.15) is 27.7 Å². The molecule has 0 saturated carbocycles. The van der Waals surface area contributed by atoms with Gasteiger partial charge in [0.2, 0.25) is 0 Å². The van der Waals surface area contributed by atoms with Crippen LogP contribution in [0.5, 0.6) is 0 Å². The molecule has 9 heavy (non-hydrogen) atoms. The first kappa shape index (κ1) is 66.0. The van der Waals surface area contributed by atoms with Gasteiger partial charge in [0.1, 0.15) is 0 Å². The zero-order chi connectivity index (χ0) is 4.00. The summed E-state index contributed by atoms with van der Waals surface area (Å²) in [4.78, 5) is 0. The molecule has 0 bridgehead atoms. The van der Waals surface area contributed by atoms with Gasteiger partial charge in [0.15, 0.2) is 0 Å². The van der Waals surface area contributed by atoms with Crippen LogP contribution in [0, 0.1) is 22.3 Å². The fourth-order valence-corrected chi connectivity index (χ4v) is 0. The van der Waals surface area contributed by atoms with Gasteiger partial charge < -0.3 is 22.3 Å². The molecule has 0 N–H and O–H groups in total. The average Bonchev–Trinajstić information content (AvgIpc) is 1.50. The Morgan fingerprint density at radius 1 is 0.444 bits per heavy atom. The molecule has 0 aromatic carbocycles. The van der Waals surface area contributed by atoms with Gasteiger partial charge in [0, 0.05) is 65.4 Å². The maximum absolute atomic E-state index is 2.00. The van der Waals surface area contributed by atoms with E-state index in [0.29, 0.717) is 0 Å². The SMILES string of the molecule is CC.CC.[CH3-].[CH3-].[CH3-].[Y].[Y]. The van der Waals surface area contributed by atoms with Gasteiger partial charge in [-0.05, 0) is 0 Å². The summed E-state index contributed by atoms with van der Waals surface area (Å²) in [6, 6.07) is 0. The average molecular weight is 283 g/mol. The van der Waals surface area contributed by atoms with E-state index < -0.39 is 0 Å². The van der Waals surface area contributed by atoms with E-state index in [1.54, 1.807) is 0 Å². The molecule has 0 aromatic heterocycles. The molecule has 0 aromatic rings. The second-order valence-electron chi connectivity index (χ2n) is 0. The zero-order valence-corrected chi connectivity index (χ0v) is 13.8. The maximum Gasteiger partial charge on any atom is 0 e. The smallest absolute Gasteiger partial charge is 0 e. The number of hydrogen-bond acceptors (Lipinski definition) is 0. The minimum atomic E-state index is 0. The van der Waals surface area contributed by atoms with E-state index >= 15 is 0 Å². The van der Waals surface area contributed by atoms with Crippen molar-refractivity contribution in [3.63, 3.8) is 0 Å². The summed E-state index contributed by atoms with van der Waals surface area (Å²) < 4.78 is 0. The van der Waals surface area contributed by atoms with Crippen molar-refractivity contribution >= 4 is 0 Å². The maximum atomic E-state index is 2.00. The first-order valence-corrected chi connectivity index (χ1v) is 2.00. The van der Waals surface area contributed by atoms with Gasteiger partial charge in [-0.2, -0.15) is 0 Å². The monoisotopic (exact) mass is 283 g/mol. The van der Waals surface area contributed by atoms with Gasteiger partial charge in [0.25, 0.3) is 0 Å². The van der Waals surface area contributed by atoms with Gasteiger partial charge >= 0.3 is 0 Å². The molecule has 0 aliphatic rings. The molecular formula is C7H21Y2-3. The Labute approximate surface area is 114 Å². The Kier molecular flexibility index (Phi) is 1300. The molecule has 0 nitrogen and oxygen atoms in total. The van der Waals surface area contributed by atoms with Crippen LogP contribution in [0.3, 0.4) is 0 Å². The van der Waals surface area contributed by atoms with Crippen LogP contribution in [0.2, 0.25) is 0 Å². The van der Waals surface area contributed by atoms with Crippen molar-refractivity contribution in [1.82, 2.24) is 0 Å². The second kappa shape index (κ2) is 178. The summed E-state index contributed by atoms with van der Waals surface area (Å²) in [5, 5.41) is 0. The summed E-state index contributed by atoms with van der Waals surface area (Å²) in [5.74, 6) is 0. The van der Waals surface area contributed by atoms with E-state index in [-0.39, 0.29) is 87.7 Å². The molecule has 58 valence electrons. The van der Waals surface area contributed by atoms with Crippen LogP contribution in [-0.2, 0) is 65.4 Å². The van der Waals surface area contributed by atoms with Crippen LogP contribution in [-0.4, -0.2) is 0 Å². The third-order valence-electron chi connectivity index (χ3n) is 0. The summed E-state index contributed by atoms with van der Waals surface area (Å²) in [7, 11) is 0. The Morgan fingerprint density at radius 3 is 0.444 bits per heavy atom. The molecule has 0 rings (SSSR count). The van der Waals surface area contributed by atoms with Gasteiger partial charge in [0.05, 0.1) is 0 Å². The van der Waals surface area contributed by atoms with Gasteiger partial charge in [-0.1, -0.05) is 27.7 Å². The van der Waals surface area contributed by atoms with Crippen molar-refractivity contribution in [3.8, 4) is 0 Å². The van der Waals surface area contributed by atoms with Crippen LogP contribution in [0.4, 0.5) is 0 Å². The van der Waals surface area contributed by atoms with Crippen LogP contribution in [0.25, 0.3) is 0 Å². The summed E-state index contributed by atoms with van der Waals surface area (Å²) >= 11 is 0.